The maximum absolute atomic E-state index is 4.27. The summed E-state index contributed by atoms with van der Waals surface area (Å²) in [5.74, 6) is 2.59. The molecule has 0 spiro atoms. The van der Waals surface area contributed by atoms with Crippen molar-refractivity contribution in [2.24, 2.45) is 5.92 Å². The predicted molar refractivity (Wildman–Crippen MR) is 57.5 cm³/mol. The molecule has 0 amide bonds. The zero-order valence-electron chi connectivity index (χ0n) is 9.13. The van der Waals surface area contributed by atoms with E-state index in [1.807, 2.05) is 0 Å². The van der Waals surface area contributed by atoms with Gasteiger partial charge in [-0.05, 0) is 5.92 Å². The highest BCUT2D eigenvalue weighted by Crippen LogP contribution is 2.08. The summed E-state index contributed by atoms with van der Waals surface area (Å²) in [5.41, 5.74) is 0. The molecule has 0 bridgehead atoms. The van der Waals surface area contributed by atoms with Crippen molar-refractivity contribution >= 4 is 11.9 Å². The molecule has 1 heterocycles. The van der Waals surface area contributed by atoms with E-state index in [9.17, 15) is 0 Å². The van der Waals surface area contributed by atoms with Crippen molar-refractivity contribution in [2.45, 2.75) is 20.3 Å². The Hall–Kier alpha value is -1.39. The monoisotopic (exact) mass is 195 g/mol. The van der Waals surface area contributed by atoms with Crippen LogP contribution in [0.3, 0.4) is 0 Å². The Morgan fingerprint density at radius 3 is 1.86 bits per heavy atom. The second-order valence-corrected chi connectivity index (χ2v) is 3.50. The van der Waals surface area contributed by atoms with Crippen LogP contribution in [0.2, 0.25) is 0 Å². The van der Waals surface area contributed by atoms with Crippen molar-refractivity contribution in [2.75, 3.05) is 24.7 Å². The van der Waals surface area contributed by atoms with Crippen LogP contribution in [0.15, 0.2) is 0 Å². The second-order valence-electron chi connectivity index (χ2n) is 3.50. The van der Waals surface area contributed by atoms with E-state index >= 15 is 0 Å². The predicted octanol–water partition coefficient (Wildman–Crippen LogP) is 1.15. The molecule has 0 saturated heterocycles. The van der Waals surface area contributed by atoms with E-state index < -0.39 is 0 Å². The van der Waals surface area contributed by atoms with Crippen LogP contribution < -0.4 is 10.6 Å². The third-order valence-corrected chi connectivity index (χ3v) is 1.72. The van der Waals surface area contributed by atoms with Crippen molar-refractivity contribution in [3.8, 4) is 0 Å². The molecule has 14 heavy (non-hydrogen) atoms. The number of hydrogen-bond donors (Lipinski definition) is 2. The quantitative estimate of drug-likeness (QED) is 0.754. The molecule has 1 rings (SSSR count). The smallest absolute Gasteiger partial charge is 0.227 e. The van der Waals surface area contributed by atoms with Gasteiger partial charge in [-0.3, -0.25) is 0 Å². The fourth-order valence-electron chi connectivity index (χ4n) is 1.10. The van der Waals surface area contributed by atoms with Crippen LogP contribution >= 0.6 is 0 Å². The number of nitrogens with one attached hydrogen (secondary N) is 2. The molecule has 0 aliphatic carbocycles. The van der Waals surface area contributed by atoms with Gasteiger partial charge in [-0.25, -0.2) is 0 Å². The Balaban J connectivity index is 2.92. The lowest BCUT2D eigenvalue weighted by atomic mass is 10.1. The molecule has 1 aromatic heterocycles. The van der Waals surface area contributed by atoms with E-state index in [0.717, 1.165) is 12.2 Å². The molecule has 5 nitrogen and oxygen atoms in total. The third kappa shape index (κ3) is 2.83. The molecule has 5 heteroatoms. The Morgan fingerprint density at radius 2 is 1.50 bits per heavy atom. The van der Waals surface area contributed by atoms with Crippen molar-refractivity contribution in [1.82, 2.24) is 15.0 Å². The van der Waals surface area contributed by atoms with Gasteiger partial charge in [0.1, 0.15) is 5.82 Å². The number of nitrogens with zero attached hydrogens (tertiary/aromatic N) is 3. The second kappa shape index (κ2) is 4.74. The molecule has 2 N–H and O–H groups in total. The van der Waals surface area contributed by atoms with Gasteiger partial charge < -0.3 is 10.6 Å². The lowest BCUT2D eigenvalue weighted by Gasteiger charge is -2.07. The summed E-state index contributed by atoms with van der Waals surface area (Å²) in [5, 5.41) is 5.83. The summed E-state index contributed by atoms with van der Waals surface area (Å²) in [4.78, 5) is 12.7. The van der Waals surface area contributed by atoms with Gasteiger partial charge in [-0.1, -0.05) is 13.8 Å². The molecular weight excluding hydrogens is 178 g/mol. The third-order valence-electron chi connectivity index (χ3n) is 1.72. The van der Waals surface area contributed by atoms with Crippen molar-refractivity contribution < 1.29 is 0 Å². The first kappa shape index (κ1) is 10.7. The van der Waals surface area contributed by atoms with Gasteiger partial charge in [0, 0.05) is 20.5 Å². The zero-order chi connectivity index (χ0) is 10.6. The van der Waals surface area contributed by atoms with E-state index in [4.69, 9.17) is 0 Å². The van der Waals surface area contributed by atoms with Gasteiger partial charge in [-0.15, -0.1) is 0 Å². The number of anilines is 2. The van der Waals surface area contributed by atoms with Gasteiger partial charge in [0.05, 0.1) is 0 Å². The Labute approximate surface area is 84.4 Å². The average Bonchev–Trinajstić information content (AvgIpc) is 2.16. The largest absolute Gasteiger partial charge is 0.357 e. The average molecular weight is 195 g/mol. The number of rotatable bonds is 4. The maximum Gasteiger partial charge on any atom is 0.227 e. The highest BCUT2D eigenvalue weighted by Gasteiger charge is 2.05. The minimum Gasteiger partial charge on any atom is -0.357 e. The van der Waals surface area contributed by atoms with Crippen LogP contribution in [-0.4, -0.2) is 29.0 Å². The van der Waals surface area contributed by atoms with Crippen molar-refractivity contribution in [1.29, 1.82) is 0 Å². The molecule has 0 fully saturated rings. The normalized spacial score (nSPS) is 10.4. The van der Waals surface area contributed by atoms with Crippen LogP contribution in [0.1, 0.15) is 19.7 Å². The molecular formula is C9H17N5. The summed E-state index contributed by atoms with van der Waals surface area (Å²) in [6.07, 6.45) is 0.867. The van der Waals surface area contributed by atoms with Crippen LogP contribution in [0.25, 0.3) is 0 Å². The van der Waals surface area contributed by atoms with E-state index in [1.165, 1.54) is 0 Å². The summed E-state index contributed by atoms with van der Waals surface area (Å²) in [6.45, 7) is 4.28. The number of aromatic nitrogens is 3. The topological polar surface area (TPSA) is 62.7 Å². The van der Waals surface area contributed by atoms with Crippen molar-refractivity contribution in [3.63, 3.8) is 0 Å². The lowest BCUT2D eigenvalue weighted by molar-refractivity contribution is 0.619. The summed E-state index contributed by atoms with van der Waals surface area (Å²) < 4.78 is 0. The molecule has 0 aliphatic heterocycles. The summed E-state index contributed by atoms with van der Waals surface area (Å²) in [6, 6.07) is 0. The molecule has 1 aromatic rings. The van der Waals surface area contributed by atoms with E-state index in [2.05, 4.69) is 39.4 Å². The SMILES string of the molecule is CNc1nc(CC(C)C)nc(NC)n1. The highest BCUT2D eigenvalue weighted by molar-refractivity contribution is 5.33. The molecule has 0 unspecified atom stereocenters. The first-order chi connectivity index (χ1) is 6.65. The fourth-order valence-corrected chi connectivity index (χ4v) is 1.10. The van der Waals surface area contributed by atoms with Crippen molar-refractivity contribution in [3.05, 3.63) is 5.82 Å². The Bertz CT molecular complexity index is 275. The maximum atomic E-state index is 4.27. The molecule has 0 aliphatic rings. The van der Waals surface area contributed by atoms with Gasteiger partial charge in [0.15, 0.2) is 0 Å². The molecule has 0 atom stereocenters. The standard InChI is InChI=1S/C9H17N5/c1-6(2)5-7-12-8(10-3)14-9(11-4)13-7/h6H,5H2,1-4H3,(H2,10,11,12,13,14). The highest BCUT2D eigenvalue weighted by atomic mass is 15.2. The van der Waals surface area contributed by atoms with Gasteiger partial charge in [0.2, 0.25) is 11.9 Å². The molecule has 0 radical (unpaired) electrons. The van der Waals surface area contributed by atoms with Crippen LogP contribution in [-0.2, 0) is 6.42 Å². The molecule has 78 valence electrons. The van der Waals surface area contributed by atoms with Crippen LogP contribution in [0.4, 0.5) is 11.9 Å². The van der Waals surface area contributed by atoms with Gasteiger partial charge in [-0.2, -0.15) is 15.0 Å². The number of hydrogen-bond acceptors (Lipinski definition) is 5. The van der Waals surface area contributed by atoms with Crippen LogP contribution in [0.5, 0.6) is 0 Å². The minimum absolute atomic E-state index is 0.548. The zero-order valence-corrected chi connectivity index (χ0v) is 9.13. The lowest BCUT2D eigenvalue weighted by Crippen LogP contribution is -2.09. The summed E-state index contributed by atoms with van der Waals surface area (Å²) in [7, 11) is 3.60. The van der Waals surface area contributed by atoms with E-state index in [0.29, 0.717) is 17.8 Å². The Morgan fingerprint density at radius 1 is 1.00 bits per heavy atom. The molecule has 0 aromatic carbocycles. The fraction of sp³-hybridized carbons (Fsp3) is 0.667. The van der Waals surface area contributed by atoms with Gasteiger partial charge in [0.25, 0.3) is 0 Å². The van der Waals surface area contributed by atoms with Gasteiger partial charge >= 0.3 is 0 Å². The first-order valence-corrected chi connectivity index (χ1v) is 4.76. The summed E-state index contributed by atoms with van der Waals surface area (Å²) >= 11 is 0. The Kier molecular flexibility index (Phi) is 3.62. The molecule has 0 saturated carbocycles. The van der Waals surface area contributed by atoms with E-state index in [-0.39, 0.29) is 0 Å². The minimum atomic E-state index is 0.548. The van der Waals surface area contributed by atoms with E-state index in [1.54, 1.807) is 14.1 Å². The van der Waals surface area contributed by atoms with Crippen LogP contribution in [0, 0.1) is 5.92 Å². The first-order valence-electron chi connectivity index (χ1n) is 4.76.